The molecule has 0 aliphatic carbocycles. The summed E-state index contributed by atoms with van der Waals surface area (Å²) in [7, 11) is 0. The van der Waals surface area contributed by atoms with E-state index in [0.29, 0.717) is 12.0 Å². The summed E-state index contributed by atoms with van der Waals surface area (Å²) in [6.07, 6.45) is 4.01. The highest BCUT2D eigenvalue weighted by molar-refractivity contribution is 9.10. The van der Waals surface area contributed by atoms with Crippen molar-refractivity contribution in [1.29, 1.82) is 0 Å². The maximum Gasteiger partial charge on any atom is 0.0244 e. The van der Waals surface area contributed by atoms with E-state index in [-0.39, 0.29) is 0 Å². The second kappa shape index (κ2) is 7.26. The van der Waals surface area contributed by atoms with Gasteiger partial charge in [0.1, 0.15) is 0 Å². The molecule has 1 saturated heterocycles. The molecule has 1 aromatic carbocycles. The number of hydrogen-bond acceptors (Lipinski definition) is 2. The second-order valence-electron chi connectivity index (χ2n) is 7.40. The molecule has 118 valence electrons. The van der Waals surface area contributed by atoms with Crippen LogP contribution in [0, 0.1) is 11.3 Å². The zero-order valence-corrected chi connectivity index (χ0v) is 15.2. The molecule has 21 heavy (non-hydrogen) atoms. The number of nitrogens with zero attached hydrogens (tertiary/aromatic N) is 1. The number of nitrogens with two attached hydrogens (primary N) is 1. The first-order valence-corrected chi connectivity index (χ1v) is 8.89. The van der Waals surface area contributed by atoms with Gasteiger partial charge in [-0.3, -0.25) is 4.90 Å². The first-order chi connectivity index (χ1) is 9.90. The number of halogens is 1. The van der Waals surface area contributed by atoms with Crippen LogP contribution < -0.4 is 5.73 Å². The van der Waals surface area contributed by atoms with Crippen LogP contribution in [0.4, 0.5) is 0 Å². The van der Waals surface area contributed by atoms with Crippen molar-refractivity contribution < 1.29 is 0 Å². The zero-order valence-electron chi connectivity index (χ0n) is 13.7. The molecule has 1 unspecified atom stereocenters. The molecule has 0 amide bonds. The Morgan fingerprint density at radius 2 is 2.00 bits per heavy atom. The van der Waals surface area contributed by atoms with Gasteiger partial charge in [0.2, 0.25) is 0 Å². The normalized spacial score (nSPS) is 21.3. The van der Waals surface area contributed by atoms with Crippen LogP contribution >= 0.6 is 15.9 Å². The van der Waals surface area contributed by atoms with Crippen molar-refractivity contribution >= 4 is 15.9 Å². The number of hydrogen-bond donors (Lipinski definition) is 1. The Morgan fingerprint density at radius 3 is 2.62 bits per heavy atom. The largest absolute Gasteiger partial charge is 0.326 e. The molecule has 0 spiro atoms. The third-order valence-corrected chi connectivity index (χ3v) is 5.53. The predicted molar refractivity (Wildman–Crippen MR) is 94.1 cm³/mol. The fourth-order valence-electron chi connectivity index (χ4n) is 3.27. The molecule has 0 bridgehead atoms. The van der Waals surface area contributed by atoms with Gasteiger partial charge in [-0.1, -0.05) is 48.8 Å². The first kappa shape index (κ1) is 17.0. The summed E-state index contributed by atoms with van der Waals surface area (Å²) in [5.74, 6) is 0.852. The first-order valence-electron chi connectivity index (χ1n) is 8.10. The number of rotatable bonds is 3. The summed E-state index contributed by atoms with van der Waals surface area (Å²) >= 11 is 3.70. The molecule has 0 saturated carbocycles. The summed E-state index contributed by atoms with van der Waals surface area (Å²) < 4.78 is 1.20. The summed E-state index contributed by atoms with van der Waals surface area (Å²) in [6, 6.07) is 6.53. The molecule has 1 fully saturated rings. The lowest BCUT2D eigenvalue weighted by atomic mass is 9.77. The highest BCUT2D eigenvalue weighted by atomic mass is 79.9. The molecule has 0 aromatic heterocycles. The number of benzene rings is 1. The molecule has 1 aliphatic rings. The standard InChI is InChI=1S/C18H29BrN2/c1-18(2,3)16-5-4-9-21(10-8-16)13-15-7-6-14(12-20)11-17(15)19/h6-7,11,16H,4-5,8-10,12-13,20H2,1-3H3. The lowest BCUT2D eigenvalue weighted by Gasteiger charge is -2.29. The van der Waals surface area contributed by atoms with Gasteiger partial charge in [-0.2, -0.15) is 0 Å². The molecule has 0 radical (unpaired) electrons. The molecule has 1 heterocycles. The van der Waals surface area contributed by atoms with E-state index in [2.05, 4.69) is 59.8 Å². The molecular weight excluding hydrogens is 324 g/mol. The van der Waals surface area contributed by atoms with Gasteiger partial charge in [-0.25, -0.2) is 0 Å². The molecule has 2 N–H and O–H groups in total. The van der Waals surface area contributed by atoms with Crippen molar-refractivity contribution in [2.75, 3.05) is 13.1 Å². The van der Waals surface area contributed by atoms with E-state index in [0.717, 1.165) is 12.5 Å². The molecule has 3 heteroatoms. The summed E-state index contributed by atoms with van der Waals surface area (Å²) in [5, 5.41) is 0. The topological polar surface area (TPSA) is 29.3 Å². The third kappa shape index (κ3) is 4.80. The van der Waals surface area contributed by atoms with Crippen molar-refractivity contribution in [3.8, 4) is 0 Å². The van der Waals surface area contributed by atoms with E-state index < -0.39 is 0 Å². The van der Waals surface area contributed by atoms with Gasteiger partial charge in [0.25, 0.3) is 0 Å². The van der Waals surface area contributed by atoms with Crippen molar-refractivity contribution in [2.24, 2.45) is 17.1 Å². The van der Waals surface area contributed by atoms with Gasteiger partial charge in [0.05, 0.1) is 0 Å². The van der Waals surface area contributed by atoms with Gasteiger partial charge < -0.3 is 5.73 Å². The van der Waals surface area contributed by atoms with E-state index in [1.165, 1.54) is 48.0 Å². The van der Waals surface area contributed by atoms with Gasteiger partial charge in [-0.15, -0.1) is 0 Å². The molecule has 1 atom stereocenters. The van der Waals surface area contributed by atoms with Crippen molar-refractivity contribution in [2.45, 2.75) is 53.1 Å². The Balaban J connectivity index is 1.98. The predicted octanol–water partition coefficient (Wildman–Crippen LogP) is 4.56. The monoisotopic (exact) mass is 352 g/mol. The van der Waals surface area contributed by atoms with E-state index >= 15 is 0 Å². The lowest BCUT2D eigenvalue weighted by Crippen LogP contribution is -2.26. The van der Waals surface area contributed by atoms with Crippen LogP contribution in [-0.4, -0.2) is 18.0 Å². The van der Waals surface area contributed by atoms with E-state index in [1.807, 2.05) is 0 Å². The van der Waals surface area contributed by atoms with E-state index in [4.69, 9.17) is 5.73 Å². The fourth-order valence-corrected chi connectivity index (χ4v) is 3.82. The minimum Gasteiger partial charge on any atom is -0.326 e. The highest BCUT2D eigenvalue weighted by Gasteiger charge is 2.27. The minimum absolute atomic E-state index is 0.444. The highest BCUT2D eigenvalue weighted by Crippen LogP contribution is 2.34. The minimum atomic E-state index is 0.444. The van der Waals surface area contributed by atoms with Crippen LogP contribution in [0.25, 0.3) is 0 Å². The quantitative estimate of drug-likeness (QED) is 0.863. The average Bonchev–Trinajstić information content (AvgIpc) is 2.66. The van der Waals surface area contributed by atoms with Gasteiger partial charge in [0.15, 0.2) is 0 Å². The Bertz CT molecular complexity index is 465. The van der Waals surface area contributed by atoms with Crippen molar-refractivity contribution in [1.82, 2.24) is 4.90 Å². The number of likely N-dealkylation sites (tertiary alicyclic amines) is 1. The van der Waals surface area contributed by atoms with Crippen LogP contribution in [0.15, 0.2) is 22.7 Å². The zero-order chi connectivity index (χ0) is 15.5. The van der Waals surface area contributed by atoms with Crippen LogP contribution in [0.2, 0.25) is 0 Å². The van der Waals surface area contributed by atoms with Crippen LogP contribution in [0.5, 0.6) is 0 Å². The lowest BCUT2D eigenvalue weighted by molar-refractivity contribution is 0.206. The fraction of sp³-hybridized carbons (Fsp3) is 0.667. The van der Waals surface area contributed by atoms with Crippen LogP contribution in [-0.2, 0) is 13.1 Å². The van der Waals surface area contributed by atoms with E-state index in [9.17, 15) is 0 Å². The molecule has 1 aromatic rings. The van der Waals surface area contributed by atoms with E-state index in [1.54, 1.807) is 0 Å². The third-order valence-electron chi connectivity index (χ3n) is 4.79. The SMILES string of the molecule is CC(C)(C)C1CCCN(Cc2ccc(CN)cc2Br)CC1. The van der Waals surface area contributed by atoms with Crippen molar-refractivity contribution in [3.05, 3.63) is 33.8 Å². The Hall–Kier alpha value is -0.380. The van der Waals surface area contributed by atoms with Crippen molar-refractivity contribution in [3.63, 3.8) is 0 Å². The van der Waals surface area contributed by atoms with Gasteiger partial charge in [0, 0.05) is 17.6 Å². The molecule has 2 rings (SSSR count). The Morgan fingerprint density at radius 1 is 1.24 bits per heavy atom. The average molecular weight is 353 g/mol. The van der Waals surface area contributed by atoms with Crippen LogP contribution in [0.3, 0.4) is 0 Å². The maximum atomic E-state index is 5.70. The molecule has 2 nitrogen and oxygen atoms in total. The summed E-state index contributed by atoms with van der Waals surface area (Å²) in [4.78, 5) is 2.61. The molecule has 1 aliphatic heterocycles. The van der Waals surface area contributed by atoms with Crippen LogP contribution in [0.1, 0.15) is 51.2 Å². The smallest absolute Gasteiger partial charge is 0.0244 e. The maximum absolute atomic E-state index is 5.70. The van der Waals surface area contributed by atoms with Gasteiger partial charge >= 0.3 is 0 Å². The Labute approximate surface area is 138 Å². The molecular formula is C18H29BrN2. The van der Waals surface area contributed by atoms with Gasteiger partial charge in [-0.05, 0) is 60.9 Å². The second-order valence-corrected chi connectivity index (χ2v) is 8.25. The summed E-state index contributed by atoms with van der Waals surface area (Å²) in [6.45, 7) is 11.2. The summed E-state index contributed by atoms with van der Waals surface area (Å²) in [5.41, 5.74) is 8.71. The Kier molecular flexibility index (Phi) is 5.87.